The zero-order valence-electron chi connectivity index (χ0n) is 13.8. The first-order valence-electron chi connectivity index (χ1n) is 7.67. The lowest BCUT2D eigenvalue weighted by molar-refractivity contribution is 0.0971. The highest BCUT2D eigenvalue weighted by atomic mass is 32.2. The van der Waals surface area contributed by atoms with E-state index in [1.165, 1.54) is 11.4 Å². The summed E-state index contributed by atoms with van der Waals surface area (Å²) < 4.78 is 32.7. The Bertz CT molecular complexity index is 888. The van der Waals surface area contributed by atoms with Crippen LogP contribution < -0.4 is 9.04 Å². The van der Waals surface area contributed by atoms with Gasteiger partial charge in [-0.05, 0) is 44.2 Å². The molecule has 2 aromatic rings. The van der Waals surface area contributed by atoms with Gasteiger partial charge in [0.05, 0.1) is 17.7 Å². The summed E-state index contributed by atoms with van der Waals surface area (Å²) in [6, 6.07) is 11.2. The van der Waals surface area contributed by atoms with Gasteiger partial charge in [-0.15, -0.1) is 0 Å². The molecule has 3 rings (SSSR count). The van der Waals surface area contributed by atoms with E-state index in [1.54, 1.807) is 49.4 Å². The van der Waals surface area contributed by atoms with E-state index in [1.807, 2.05) is 6.92 Å². The number of methoxy groups -OCH3 is 1. The minimum absolute atomic E-state index is 0.0771. The normalized spacial score (nSPS) is 17.5. The van der Waals surface area contributed by atoms with Crippen LogP contribution >= 0.6 is 0 Å². The van der Waals surface area contributed by atoms with Crippen molar-refractivity contribution in [1.29, 1.82) is 0 Å². The Kier molecular flexibility index (Phi) is 4.09. The Hall–Kier alpha value is -2.34. The Morgan fingerprint density at radius 2 is 1.79 bits per heavy atom. The molecule has 0 bridgehead atoms. The van der Waals surface area contributed by atoms with Crippen LogP contribution in [0, 0.1) is 6.92 Å². The monoisotopic (exact) mass is 345 g/mol. The summed E-state index contributed by atoms with van der Waals surface area (Å²) in [5.41, 5.74) is 1.77. The van der Waals surface area contributed by atoms with Crippen LogP contribution in [0.4, 0.5) is 5.69 Å². The SMILES string of the molecule is COc1ccc2c(c1)C(=O)CC(C)N2S(=O)(=O)c1ccc(C)cc1. The number of benzene rings is 2. The summed E-state index contributed by atoms with van der Waals surface area (Å²) >= 11 is 0. The van der Waals surface area contributed by atoms with Crippen LogP contribution in [0.2, 0.25) is 0 Å². The highest BCUT2D eigenvalue weighted by Crippen LogP contribution is 2.37. The molecule has 0 radical (unpaired) electrons. The predicted octanol–water partition coefficient (Wildman–Crippen LogP) is 3.17. The molecule has 0 amide bonds. The molecule has 2 aromatic carbocycles. The van der Waals surface area contributed by atoms with Gasteiger partial charge < -0.3 is 4.74 Å². The zero-order chi connectivity index (χ0) is 17.5. The maximum atomic E-state index is 13.1. The lowest BCUT2D eigenvalue weighted by Gasteiger charge is -2.35. The van der Waals surface area contributed by atoms with Gasteiger partial charge in [-0.2, -0.15) is 0 Å². The van der Waals surface area contributed by atoms with Crippen molar-refractivity contribution >= 4 is 21.5 Å². The van der Waals surface area contributed by atoms with Gasteiger partial charge >= 0.3 is 0 Å². The van der Waals surface area contributed by atoms with Crippen LogP contribution in [-0.2, 0) is 10.0 Å². The first-order valence-corrected chi connectivity index (χ1v) is 9.11. The van der Waals surface area contributed by atoms with Gasteiger partial charge in [0.2, 0.25) is 0 Å². The maximum absolute atomic E-state index is 13.1. The Morgan fingerprint density at radius 3 is 2.42 bits per heavy atom. The number of nitrogens with zero attached hydrogens (tertiary/aromatic N) is 1. The minimum atomic E-state index is -3.74. The molecule has 1 heterocycles. The van der Waals surface area contributed by atoms with E-state index in [4.69, 9.17) is 4.74 Å². The molecule has 0 fully saturated rings. The number of sulfonamides is 1. The molecule has 6 heteroatoms. The molecule has 24 heavy (non-hydrogen) atoms. The average Bonchev–Trinajstić information content (AvgIpc) is 2.54. The van der Waals surface area contributed by atoms with Crippen molar-refractivity contribution in [2.75, 3.05) is 11.4 Å². The van der Waals surface area contributed by atoms with Gasteiger partial charge in [-0.3, -0.25) is 9.10 Å². The average molecular weight is 345 g/mol. The van der Waals surface area contributed by atoms with Crippen LogP contribution in [0.15, 0.2) is 47.4 Å². The van der Waals surface area contributed by atoms with Crippen molar-refractivity contribution in [3.63, 3.8) is 0 Å². The highest BCUT2D eigenvalue weighted by molar-refractivity contribution is 7.92. The van der Waals surface area contributed by atoms with Crippen LogP contribution in [0.1, 0.15) is 29.3 Å². The fraction of sp³-hybridized carbons (Fsp3) is 0.278. The summed E-state index contributed by atoms with van der Waals surface area (Å²) in [7, 11) is -2.23. The summed E-state index contributed by atoms with van der Waals surface area (Å²) in [6.45, 7) is 3.65. The second-order valence-electron chi connectivity index (χ2n) is 5.97. The smallest absolute Gasteiger partial charge is 0.264 e. The molecular formula is C18H19NO4S. The van der Waals surface area contributed by atoms with E-state index < -0.39 is 16.1 Å². The molecule has 0 spiro atoms. The van der Waals surface area contributed by atoms with Gasteiger partial charge in [0.25, 0.3) is 10.0 Å². The molecule has 0 aliphatic carbocycles. The molecule has 1 aliphatic rings. The Morgan fingerprint density at radius 1 is 1.12 bits per heavy atom. The number of carbonyl (C=O) groups is 1. The highest BCUT2D eigenvalue weighted by Gasteiger charge is 2.37. The number of hydrogen-bond donors (Lipinski definition) is 0. The van der Waals surface area contributed by atoms with Crippen molar-refractivity contribution in [3.05, 3.63) is 53.6 Å². The van der Waals surface area contributed by atoms with Gasteiger partial charge in [-0.1, -0.05) is 17.7 Å². The fourth-order valence-corrected chi connectivity index (χ4v) is 4.62. The number of ether oxygens (including phenoxy) is 1. The van der Waals surface area contributed by atoms with Crippen molar-refractivity contribution in [2.24, 2.45) is 0 Å². The molecule has 126 valence electrons. The molecule has 1 aliphatic heterocycles. The molecule has 0 saturated carbocycles. The van der Waals surface area contributed by atoms with E-state index in [9.17, 15) is 13.2 Å². The Labute approximate surface area is 141 Å². The number of Topliss-reactive ketones (excluding diaryl/α,β-unsaturated/α-hetero) is 1. The number of anilines is 1. The predicted molar refractivity (Wildman–Crippen MR) is 92.2 cm³/mol. The van der Waals surface area contributed by atoms with Crippen LogP contribution in [0.3, 0.4) is 0 Å². The van der Waals surface area contributed by atoms with Gasteiger partial charge in [0.1, 0.15) is 5.75 Å². The third-order valence-electron chi connectivity index (χ3n) is 4.20. The lowest BCUT2D eigenvalue weighted by atomic mass is 9.97. The number of ketones is 1. The summed E-state index contributed by atoms with van der Waals surface area (Å²) in [4.78, 5) is 12.6. The van der Waals surface area contributed by atoms with Crippen LogP contribution in [0.25, 0.3) is 0 Å². The molecule has 1 atom stereocenters. The minimum Gasteiger partial charge on any atom is -0.497 e. The van der Waals surface area contributed by atoms with Gasteiger partial charge in [-0.25, -0.2) is 8.42 Å². The van der Waals surface area contributed by atoms with Crippen molar-refractivity contribution in [2.45, 2.75) is 31.2 Å². The first kappa shape index (κ1) is 16.5. The topological polar surface area (TPSA) is 63.7 Å². The number of hydrogen-bond acceptors (Lipinski definition) is 4. The third-order valence-corrected chi connectivity index (χ3v) is 6.14. The van der Waals surface area contributed by atoms with Crippen molar-refractivity contribution in [1.82, 2.24) is 0 Å². The van der Waals surface area contributed by atoms with Crippen molar-refractivity contribution in [3.8, 4) is 5.75 Å². The van der Waals surface area contributed by atoms with Gasteiger partial charge in [0, 0.05) is 18.0 Å². The number of fused-ring (bicyclic) bond motifs is 1. The van der Waals surface area contributed by atoms with Crippen LogP contribution in [0.5, 0.6) is 5.75 Å². The zero-order valence-corrected chi connectivity index (χ0v) is 14.6. The molecule has 0 N–H and O–H groups in total. The number of rotatable bonds is 3. The standard InChI is InChI=1S/C18H19NO4S/c1-12-4-7-15(8-5-12)24(21,22)19-13(2)10-18(20)16-11-14(23-3)6-9-17(16)19/h4-9,11,13H,10H2,1-3H3. The maximum Gasteiger partial charge on any atom is 0.264 e. The first-order chi connectivity index (χ1) is 11.3. The van der Waals surface area contributed by atoms with E-state index >= 15 is 0 Å². The fourth-order valence-electron chi connectivity index (χ4n) is 2.95. The summed E-state index contributed by atoms with van der Waals surface area (Å²) in [5.74, 6) is 0.455. The van der Waals surface area contributed by atoms with Gasteiger partial charge in [0.15, 0.2) is 5.78 Å². The van der Waals surface area contributed by atoms with Crippen molar-refractivity contribution < 1.29 is 17.9 Å². The Balaban J connectivity index is 2.15. The van der Waals surface area contributed by atoms with Crippen LogP contribution in [-0.4, -0.2) is 27.4 Å². The second kappa shape index (κ2) is 5.94. The quantitative estimate of drug-likeness (QED) is 0.857. The van der Waals surface area contributed by atoms with E-state index in [0.717, 1.165) is 5.56 Å². The van der Waals surface area contributed by atoms with E-state index in [-0.39, 0.29) is 17.1 Å². The second-order valence-corrected chi connectivity index (χ2v) is 7.79. The van der Waals surface area contributed by atoms with E-state index in [2.05, 4.69) is 0 Å². The third kappa shape index (κ3) is 2.67. The number of aryl methyl sites for hydroxylation is 1. The number of carbonyl (C=O) groups excluding carboxylic acids is 1. The largest absolute Gasteiger partial charge is 0.497 e. The summed E-state index contributed by atoms with van der Waals surface area (Å²) in [5, 5.41) is 0. The molecule has 5 nitrogen and oxygen atoms in total. The molecular weight excluding hydrogens is 326 g/mol. The molecule has 1 unspecified atom stereocenters. The lowest BCUT2D eigenvalue weighted by Crippen LogP contribution is -2.43. The molecule has 0 saturated heterocycles. The van der Waals surface area contributed by atoms with E-state index in [0.29, 0.717) is 17.0 Å². The molecule has 0 aromatic heterocycles. The summed E-state index contributed by atoms with van der Waals surface area (Å²) in [6.07, 6.45) is 0.144.